The van der Waals surface area contributed by atoms with E-state index in [1.807, 2.05) is 19.9 Å². The molecule has 0 aliphatic rings. The molecule has 158 valence electrons. The number of nitrogens with zero attached hydrogens (tertiary/aromatic N) is 3. The maximum atomic E-state index is 13.3. The molecule has 1 aromatic carbocycles. The average molecular weight is 417 g/mol. The van der Waals surface area contributed by atoms with E-state index in [0.717, 1.165) is 18.1 Å². The molecule has 2 N–H and O–H groups in total. The minimum absolute atomic E-state index is 0.125. The highest BCUT2D eigenvalue weighted by atomic mass is 19.4. The summed E-state index contributed by atoms with van der Waals surface area (Å²) >= 11 is 0. The summed E-state index contributed by atoms with van der Waals surface area (Å²) in [6.07, 6.45) is -0.373. The summed E-state index contributed by atoms with van der Waals surface area (Å²) in [5, 5.41) is 6.14. The first-order valence-corrected chi connectivity index (χ1v) is 9.38. The lowest BCUT2D eigenvalue weighted by Gasteiger charge is -2.16. The van der Waals surface area contributed by atoms with Gasteiger partial charge in [0.05, 0.1) is 18.4 Å². The van der Waals surface area contributed by atoms with E-state index in [9.17, 15) is 13.2 Å². The molecule has 0 aliphatic carbocycles. The number of ether oxygens (including phenoxy) is 1. The standard InChI is InChI=1S/C21H22F3N5O/c1-4-13(2)26-20-28-17(14-6-5-9-25-12-14)11-19(29-20)27-15-7-8-18(30-3)16(10-15)21(22,23)24/h5-13H,4H2,1-3H3,(H2,26,27,28,29)/t13-/m1/s1. The fraction of sp³-hybridized carbons (Fsp3) is 0.286. The lowest BCUT2D eigenvalue weighted by atomic mass is 10.1. The smallest absolute Gasteiger partial charge is 0.420 e. The number of methoxy groups -OCH3 is 1. The highest BCUT2D eigenvalue weighted by Gasteiger charge is 2.34. The fourth-order valence-corrected chi connectivity index (χ4v) is 2.72. The van der Waals surface area contributed by atoms with Crippen LogP contribution in [0.25, 0.3) is 11.3 Å². The number of hydrogen-bond acceptors (Lipinski definition) is 6. The lowest BCUT2D eigenvalue weighted by molar-refractivity contribution is -0.138. The molecular formula is C21H22F3N5O. The molecule has 0 radical (unpaired) electrons. The Morgan fingerprint density at radius 3 is 2.57 bits per heavy atom. The Morgan fingerprint density at radius 1 is 1.13 bits per heavy atom. The predicted molar refractivity (Wildman–Crippen MR) is 110 cm³/mol. The molecule has 0 saturated carbocycles. The van der Waals surface area contributed by atoms with Crippen LogP contribution in [0.1, 0.15) is 25.8 Å². The SMILES string of the molecule is CC[C@@H](C)Nc1nc(Nc2ccc(OC)c(C(F)(F)F)c2)cc(-c2cccnc2)n1. The molecule has 0 fully saturated rings. The molecule has 2 aromatic heterocycles. The number of nitrogens with one attached hydrogen (secondary N) is 2. The summed E-state index contributed by atoms with van der Waals surface area (Å²) in [5.41, 5.74) is 0.722. The minimum Gasteiger partial charge on any atom is -0.496 e. The van der Waals surface area contributed by atoms with Crippen molar-refractivity contribution in [2.75, 3.05) is 17.7 Å². The number of benzene rings is 1. The van der Waals surface area contributed by atoms with Crippen molar-refractivity contribution in [1.29, 1.82) is 0 Å². The largest absolute Gasteiger partial charge is 0.496 e. The quantitative estimate of drug-likeness (QED) is 0.527. The van der Waals surface area contributed by atoms with Gasteiger partial charge in [0.25, 0.3) is 0 Å². The van der Waals surface area contributed by atoms with Gasteiger partial charge in [-0.3, -0.25) is 4.98 Å². The van der Waals surface area contributed by atoms with Crippen LogP contribution in [0.3, 0.4) is 0 Å². The van der Waals surface area contributed by atoms with Crippen molar-refractivity contribution in [2.45, 2.75) is 32.5 Å². The van der Waals surface area contributed by atoms with Gasteiger partial charge in [-0.15, -0.1) is 0 Å². The summed E-state index contributed by atoms with van der Waals surface area (Å²) in [5.74, 6) is 0.483. The summed E-state index contributed by atoms with van der Waals surface area (Å²) in [6, 6.07) is 9.18. The second-order valence-electron chi connectivity index (χ2n) is 6.70. The van der Waals surface area contributed by atoms with Crippen molar-refractivity contribution in [3.05, 3.63) is 54.4 Å². The van der Waals surface area contributed by atoms with E-state index in [4.69, 9.17) is 4.74 Å². The first kappa shape index (κ1) is 21.4. The van der Waals surface area contributed by atoms with Crippen LogP contribution in [0.15, 0.2) is 48.8 Å². The normalized spacial score (nSPS) is 12.3. The van der Waals surface area contributed by atoms with Crippen molar-refractivity contribution in [3.8, 4) is 17.0 Å². The minimum atomic E-state index is -4.54. The first-order valence-electron chi connectivity index (χ1n) is 9.38. The van der Waals surface area contributed by atoms with Crippen LogP contribution in [0, 0.1) is 0 Å². The zero-order chi connectivity index (χ0) is 21.7. The van der Waals surface area contributed by atoms with E-state index in [0.29, 0.717) is 17.5 Å². The Labute approximate surface area is 172 Å². The zero-order valence-electron chi connectivity index (χ0n) is 16.8. The van der Waals surface area contributed by atoms with Gasteiger partial charge in [0.1, 0.15) is 11.6 Å². The Kier molecular flexibility index (Phi) is 6.39. The van der Waals surface area contributed by atoms with Gasteiger partial charge in [-0.2, -0.15) is 18.2 Å². The van der Waals surface area contributed by atoms with Gasteiger partial charge < -0.3 is 15.4 Å². The van der Waals surface area contributed by atoms with Crippen molar-refractivity contribution in [3.63, 3.8) is 0 Å². The maximum absolute atomic E-state index is 13.3. The Balaban J connectivity index is 2.00. The van der Waals surface area contributed by atoms with E-state index in [2.05, 4.69) is 25.6 Å². The van der Waals surface area contributed by atoms with Crippen LogP contribution in [-0.2, 0) is 6.18 Å². The van der Waals surface area contributed by atoms with Crippen LogP contribution in [-0.4, -0.2) is 28.1 Å². The van der Waals surface area contributed by atoms with E-state index in [1.165, 1.54) is 19.2 Å². The summed E-state index contributed by atoms with van der Waals surface area (Å²) < 4.78 is 44.8. The van der Waals surface area contributed by atoms with Crippen LogP contribution < -0.4 is 15.4 Å². The number of alkyl halides is 3. The average Bonchev–Trinajstić information content (AvgIpc) is 2.73. The van der Waals surface area contributed by atoms with E-state index < -0.39 is 11.7 Å². The number of rotatable bonds is 7. The molecule has 0 bridgehead atoms. The summed E-state index contributed by atoms with van der Waals surface area (Å²) in [4.78, 5) is 13.0. The Bertz CT molecular complexity index is 996. The predicted octanol–water partition coefficient (Wildman–Crippen LogP) is 5.52. The van der Waals surface area contributed by atoms with E-state index in [-0.39, 0.29) is 17.5 Å². The third-order valence-corrected chi connectivity index (χ3v) is 4.45. The lowest BCUT2D eigenvalue weighted by Crippen LogP contribution is -2.16. The van der Waals surface area contributed by atoms with Crippen molar-refractivity contribution >= 4 is 17.5 Å². The number of pyridine rings is 1. The number of anilines is 3. The molecule has 6 nitrogen and oxygen atoms in total. The third-order valence-electron chi connectivity index (χ3n) is 4.45. The molecule has 30 heavy (non-hydrogen) atoms. The molecule has 0 amide bonds. The summed E-state index contributed by atoms with van der Waals surface area (Å²) in [7, 11) is 1.20. The highest BCUT2D eigenvalue weighted by Crippen LogP contribution is 2.38. The van der Waals surface area contributed by atoms with E-state index in [1.54, 1.807) is 24.5 Å². The Hall–Kier alpha value is -3.36. The number of halogens is 3. The second-order valence-corrected chi connectivity index (χ2v) is 6.70. The van der Waals surface area contributed by atoms with Crippen LogP contribution in [0.4, 0.5) is 30.6 Å². The highest BCUT2D eigenvalue weighted by molar-refractivity contribution is 5.67. The molecule has 0 saturated heterocycles. The van der Waals surface area contributed by atoms with Gasteiger partial charge >= 0.3 is 6.18 Å². The molecule has 1 atom stereocenters. The fourth-order valence-electron chi connectivity index (χ4n) is 2.72. The third kappa shape index (κ3) is 5.16. The van der Waals surface area contributed by atoms with Gasteiger partial charge in [-0.1, -0.05) is 6.92 Å². The molecule has 0 spiro atoms. The van der Waals surface area contributed by atoms with Gasteiger partial charge in [0.2, 0.25) is 5.95 Å². The topological polar surface area (TPSA) is 72.0 Å². The maximum Gasteiger partial charge on any atom is 0.420 e. The molecule has 9 heteroatoms. The Morgan fingerprint density at radius 2 is 1.93 bits per heavy atom. The second kappa shape index (κ2) is 8.98. The van der Waals surface area contributed by atoms with Gasteiger partial charge in [0, 0.05) is 35.8 Å². The molecule has 3 aromatic rings. The van der Waals surface area contributed by atoms with E-state index >= 15 is 0 Å². The first-order chi connectivity index (χ1) is 14.3. The van der Waals surface area contributed by atoms with Crippen LogP contribution in [0.2, 0.25) is 0 Å². The van der Waals surface area contributed by atoms with Crippen molar-refractivity contribution < 1.29 is 17.9 Å². The van der Waals surface area contributed by atoms with Crippen molar-refractivity contribution in [2.24, 2.45) is 0 Å². The molecule has 0 aliphatic heterocycles. The molecule has 2 heterocycles. The zero-order valence-corrected chi connectivity index (χ0v) is 16.8. The molecular weight excluding hydrogens is 395 g/mol. The molecule has 0 unspecified atom stereocenters. The molecule has 3 rings (SSSR count). The monoisotopic (exact) mass is 417 g/mol. The number of aromatic nitrogens is 3. The van der Waals surface area contributed by atoms with Gasteiger partial charge in [-0.25, -0.2) is 4.98 Å². The number of hydrogen-bond donors (Lipinski definition) is 2. The van der Waals surface area contributed by atoms with Crippen LogP contribution >= 0.6 is 0 Å². The van der Waals surface area contributed by atoms with Crippen molar-refractivity contribution in [1.82, 2.24) is 15.0 Å². The summed E-state index contributed by atoms with van der Waals surface area (Å²) in [6.45, 7) is 4.02. The van der Waals surface area contributed by atoms with Crippen LogP contribution in [0.5, 0.6) is 5.75 Å². The van der Waals surface area contributed by atoms with Gasteiger partial charge in [0.15, 0.2) is 0 Å². The van der Waals surface area contributed by atoms with Gasteiger partial charge in [-0.05, 0) is 43.7 Å².